The highest BCUT2D eigenvalue weighted by atomic mass is 35.5. The number of fused-ring (bicyclic) bond motifs is 1. The van der Waals surface area contributed by atoms with Crippen LogP contribution in [0.5, 0.6) is 17.2 Å². The molecular formula is C12H11ClN2O4. The molecule has 3 N–H and O–H groups in total. The van der Waals surface area contributed by atoms with Gasteiger partial charge in [-0.3, -0.25) is 0 Å². The fourth-order valence-corrected chi connectivity index (χ4v) is 2.14. The summed E-state index contributed by atoms with van der Waals surface area (Å²) in [4.78, 5) is 0. The fourth-order valence-electron chi connectivity index (χ4n) is 1.95. The summed E-state index contributed by atoms with van der Waals surface area (Å²) in [6.45, 7) is 0.999. The molecule has 1 aromatic carbocycles. The molecule has 2 aromatic rings. The van der Waals surface area contributed by atoms with Gasteiger partial charge in [-0.2, -0.15) is 0 Å². The van der Waals surface area contributed by atoms with Crippen molar-refractivity contribution in [3.63, 3.8) is 0 Å². The molecule has 0 atom stereocenters. The van der Waals surface area contributed by atoms with Crippen LogP contribution in [0.3, 0.4) is 0 Å². The molecule has 0 spiro atoms. The van der Waals surface area contributed by atoms with E-state index in [1.165, 1.54) is 12.3 Å². The lowest BCUT2D eigenvalue weighted by Crippen LogP contribution is -1.98. The Morgan fingerprint density at radius 1 is 1.32 bits per heavy atom. The first kappa shape index (κ1) is 12.0. The summed E-state index contributed by atoms with van der Waals surface area (Å²) in [7, 11) is 0. The highest BCUT2D eigenvalue weighted by molar-refractivity contribution is 6.33. The minimum Gasteiger partial charge on any atom is -0.506 e. The standard InChI is InChI=1S/C12H11ClN2O4/c13-7-4-8-11(18-3-1-2-17-8)9(10(7)16)6-5-15-19-12(6)14/h4-5,16H,1-3,14H2. The maximum Gasteiger partial charge on any atom is 0.230 e. The van der Waals surface area contributed by atoms with Gasteiger partial charge in [0.15, 0.2) is 11.5 Å². The molecule has 19 heavy (non-hydrogen) atoms. The van der Waals surface area contributed by atoms with E-state index in [-0.39, 0.29) is 16.7 Å². The van der Waals surface area contributed by atoms with E-state index >= 15 is 0 Å². The van der Waals surface area contributed by atoms with Crippen molar-refractivity contribution < 1.29 is 19.1 Å². The summed E-state index contributed by atoms with van der Waals surface area (Å²) in [5.74, 6) is 0.804. The van der Waals surface area contributed by atoms with E-state index in [1.807, 2.05) is 0 Å². The van der Waals surface area contributed by atoms with E-state index in [2.05, 4.69) is 5.16 Å². The highest BCUT2D eigenvalue weighted by Crippen LogP contribution is 2.50. The zero-order valence-corrected chi connectivity index (χ0v) is 10.6. The number of nitrogens with zero attached hydrogens (tertiary/aromatic N) is 1. The Labute approximate surface area is 113 Å². The molecule has 0 amide bonds. The van der Waals surface area contributed by atoms with Crippen LogP contribution in [0.4, 0.5) is 5.88 Å². The molecule has 0 aliphatic carbocycles. The van der Waals surface area contributed by atoms with Gasteiger partial charge >= 0.3 is 0 Å². The van der Waals surface area contributed by atoms with E-state index in [9.17, 15) is 5.11 Å². The molecule has 100 valence electrons. The van der Waals surface area contributed by atoms with Gasteiger partial charge in [-0.25, -0.2) is 0 Å². The molecule has 1 aliphatic rings. The fraction of sp³-hybridized carbons (Fsp3) is 0.250. The number of phenolic OH excluding ortho intramolecular Hbond substituents is 1. The van der Waals surface area contributed by atoms with Crippen LogP contribution in [0.25, 0.3) is 11.1 Å². The Morgan fingerprint density at radius 3 is 2.84 bits per heavy atom. The third-order valence-electron chi connectivity index (χ3n) is 2.83. The molecule has 0 bridgehead atoms. The summed E-state index contributed by atoms with van der Waals surface area (Å²) in [6, 6.07) is 1.52. The van der Waals surface area contributed by atoms with Gasteiger partial charge in [0.05, 0.1) is 35.6 Å². The van der Waals surface area contributed by atoms with Gasteiger partial charge in [-0.15, -0.1) is 0 Å². The molecule has 1 aromatic heterocycles. The maximum atomic E-state index is 10.1. The van der Waals surface area contributed by atoms with Gasteiger partial charge in [0, 0.05) is 12.5 Å². The van der Waals surface area contributed by atoms with Gasteiger partial charge in [0.2, 0.25) is 5.88 Å². The third kappa shape index (κ3) is 1.94. The highest BCUT2D eigenvalue weighted by Gasteiger charge is 2.25. The first-order valence-electron chi connectivity index (χ1n) is 5.70. The number of halogens is 1. The second kappa shape index (κ2) is 4.55. The average molecular weight is 283 g/mol. The number of nitrogens with two attached hydrogens (primary N) is 1. The van der Waals surface area contributed by atoms with Gasteiger partial charge in [-0.1, -0.05) is 16.8 Å². The van der Waals surface area contributed by atoms with Crippen molar-refractivity contribution in [3.05, 3.63) is 17.3 Å². The number of aromatic hydroxyl groups is 1. The lowest BCUT2D eigenvalue weighted by atomic mass is 10.1. The number of anilines is 1. The number of benzene rings is 1. The van der Waals surface area contributed by atoms with Crippen LogP contribution in [0.1, 0.15) is 6.42 Å². The van der Waals surface area contributed by atoms with Crippen LogP contribution in [-0.4, -0.2) is 23.5 Å². The average Bonchev–Trinajstić information content (AvgIpc) is 2.67. The summed E-state index contributed by atoms with van der Waals surface area (Å²) in [5, 5.41) is 13.9. The zero-order chi connectivity index (χ0) is 13.4. The lowest BCUT2D eigenvalue weighted by molar-refractivity contribution is 0.297. The predicted molar refractivity (Wildman–Crippen MR) is 68.6 cm³/mol. The van der Waals surface area contributed by atoms with Crippen LogP contribution in [0.2, 0.25) is 5.02 Å². The molecule has 0 saturated heterocycles. The van der Waals surface area contributed by atoms with Crippen molar-refractivity contribution in [1.29, 1.82) is 0 Å². The normalized spacial score (nSPS) is 14.2. The van der Waals surface area contributed by atoms with E-state index in [0.717, 1.165) is 6.42 Å². The Balaban J connectivity index is 2.27. The molecule has 2 heterocycles. The second-order valence-electron chi connectivity index (χ2n) is 4.06. The molecular weight excluding hydrogens is 272 g/mol. The minimum absolute atomic E-state index is 0.0765. The number of ether oxygens (including phenoxy) is 2. The number of nitrogen functional groups attached to an aromatic ring is 1. The summed E-state index contributed by atoms with van der Waals surface area (Å²) < 4.78 is 16.0. The first-order valence-corrected chi connectivity index (χ1v) is 6.08. The molecule has 6 nitrogen and oxygen atoms in total. The number of phenols is 1. The van der Waals surface area contributed by atoms with Crippen molar-refractivity contribution in [2.75, 3.05) is 18.9 Å². The molecule has 0 saturated carbocycles. The van der Waals surface area contributed by atoms with E-state index in [4.69, 9.17) is 31.3 Å². The van der Waals surface area contributed by atoms with Gasteiger partial charge < -0.3 is 24.8 Å². The van der Waals surface area contributed by atoms with Crippen molar-refractivity contribution in [2.45, 2.75) is 6.42 Å². The van der Waals surface area contributed by atoms with Crippen molar-refractivity contribution >= 4 is 17.5 Å². The minimum atomic E-state index is -0.138. The number of hydrogen-bond acceptors (Lipinski definition) is 6. The molecule has 7 heteroatoms. The quantitative estimate of drug-likeness (QED) is 0.835. The lowest BCUT2D eigenvalue weighted by Gasteiger charge is -2.14. The number of aromatic nitrogens is 1. The largest absolute Gasteiger partial charge is 0.506 e. The van der Waals surface area contributed by atoms with Crippen molar-refractivity contribution in [2.24, 2.45) is 0 Å². The van der Waals surface area contributed by atoms with Crippen LogP contribution in [0, 0.1) is 0 Å². The van der Waals surface area contributed by atoms with Gasteiger partial charge in [0.25, 0.3) is 0 Å². The SMILES string of the molecule is Nc1oncc1-c1c(O)c(Cl)cc2c1OCCCO2. The first-order chi connectivity index (χ1) is 9.18. The van der Waals surface area contributed by atoms with Crippen LogP contribution in [-0.2, 0) is 0 Å². The van der Waals surface area contributed by atoms with Crippen molar-refractivity contribution in [1.82, 2.24) is 5.16 Å². The molecule has 3 rings (SSSR count). The van der Waals surface area contributed by atoms with Crippen LogP contribution < -0.4 is 15.2 Å². The molecule has 0 radical (unpaired) electrons. The van der Waals surface area contributed by atoms with E-state index in [0.29, 0.717) is 35.8 Å². The van der Waals surface area contributed by atoms with Crippen LogP contribution >= 0.6 is 11.6 Å². The molecule has 0 unspecified atom stereocenters. The number of rotatable bonds is 1. The summed E-state index contributed by atoms with van der Waals surface area (Å²) >= 11 is 6.00. The third-order valence-corrected chi connectivity index (χ3v) is 3.12. The second-order valence-corrected chi connectivity index (χ2v) is 4.47. The van der Waals surface area contributed by atoms with Gasteiger partial charge in [0.1, 0.15) is 5.75 Å². The van der Waals surface area contributed by atoms with Crippen molar-refractivity contribution in [3.8, 4) is 28.4 Å². The predicted octanol–water partition coefficient (Wildman–Crippen LogP) is 2.44. The smallest absolute Gasteiger partial charge is 0.230 e. The monoisotopic (exact) mass is 282 g/mol. The Hall–Kier alpha value is -2.08. The van der Waals surface area contributed by atoms with Gasteiger partial charge in [-0.05, 0) is 0 Å². The zero-order valence-electron chi connectivity index (χ0n) is 9.85. The Kier molecular flexibility index (Phi) is 2.87. The summed E-state index contributed by atoms with van der Waals surface area (Å²) in [6.07, 6.45) is 2.14. The Bertz CT molecular complexity index is 626. The summed E-state index contributed by atoms with van der Waals surface area (Å²) in [5.41, 5.74) is 6.44. The Morgan fingerprint density at radius 2 is 2.11 bits per heavy atom. The van der Waals surface area contributed by atoms with E-state index in [1.54, 1.807) is 0 Å². The van der Waals surface area contributed by atoms with Crippen LogP contribution in [0.15, 0.2) is 16.8 Å². The molecule has 0 fully saturated rings. The number of hydrogen-bond donors (Lipinski definition) is 2. The molecule has 1 aliphatic heterocycles. The maximum absolute atomic E-state index is 10.1. The van der Waals surface area contributed by atoms with E-state index < -0.39 is 0 Å². The topological polar surface area (TPSA) is 90.7 Å².